The van der Waals surface area contributed by atoms with Crippen LogP contribution in [-0.2, 0) is 0 Å². The molecule has 0 saturated carbocycles. The fourth-order valence-electron chi connectivity index (χ4n) is 1.06. The number of nitrogens with one attached hydrogen (secondary N) is 1. The molecule has 1 aromatic carbocycles. The lowest BCUT2D eigenvalue weighted by Crippen LogP contribution is -2.28. The Labute approximate surface area is 101 Å². The van der Waals surface area contributed by atoms with E-state index in [2.05, 4.69) is 21.2 Å². The quantitative estimate of drug-likeness (QED) is 0.927. The van der Waals surface area contributed by atoms with Gasteiger partial charge in [-0.1, -0.05) is 15.9 Å². The number of nitrogens with zero attached hydrogens (tertiary/aromatic N) is 1. The average molecular weight is 285 g/mol. The van der Waals surface area contributed by atoms with Gasteiger partial charge in [0.15, 0.2) is 0 Å². The number of carbonyl (C=O) groups excluding carboxylic acids is 1. The Hall–Kier alpha value is -1.41. The van der Waals surface area contributed by atoms with Crippen LogP contribution in [0.15, 0.2) is 22.7 Å². The molecule has 0 radical (unpaired) electrons. The van der Waals surface area contributed by atoms with Crippen LogP contribution in [0.5, 0.6) is 0 Å². The first-order valence-corrected chi connectivity index (χ1v) is 5.46. The Kier molecular flexibility index (Phi) is 4.44. The molecule has 1 unspecified atom stereocenters. The van der Waals surface area contributed by atoms with Gasteiger partial charge >= 0.3 is 0 Å². The average Bonchev–Trinajstić information content (AvgIpc) is 2.28. The third-order valence-electron chi connectivity index (χ3n) is 1.96. The van der Waals surface area contributed by atoms with E-state index in [0.29, 0.717) is 4.47 Å². The van der Waals surface area contributed by atoms with Gasteiger partial charge in [0.25, 0.3) is 5.91 Å². The van der Waals surface area contributed by atoms with Crippen molar-refractivity contribution in [3.05, 3.63) is 34.1 Å². The number of hydrogen-bond donors (Lipinski definition) is 1. The summed E-state index contributed by atoms with van der Waals surface area (Å²) in [6.45, 7) is 1.89. The van der Waals surface area contributed by atoms with E-state index in [1.807, 2.05) is 6.07 Å². The maximum atomic E-state index is 13.3. The molecule has 0 heterocycles. The van der Waals surface area contributed by atoms with Crippen LogP contribution >= 0.6 is 15.9 Å². The van der Waals surface area contributed by atoms with Crippen LogP contribution in [0.3, 0.4) is 0 Å². The highest BCUT2D eigenvalue weighted by Crippen LogP contribution is 2.15. The highest BCUT2D eigenvalue weighted by atomic mass is 79.9. The van der Waals surface area contributed by atoms with Gasteiger partial charge < -0.3 is 5.32 Å². The molecule has 1 N–H and O–H groups in total. The van der Waals surface area contributed by atoms with Gasteiger partial charge in [0.05, 0.1) is 17.6 Å². The molecule has 1 atom stereocenters. The third kappa shape index (κ3) is 3.31. The minimum absolute atomic E-state index is 0.0282. The fourth-order valence-corrected chi connectivity index (χ4v) is 1.42. The topological polar surface area (TPSA) is 52.9 Å². The largest absolute Gasteiger partial charge is 0.351 e. The van der Waals surface area contributed by atoms with E-state index in [-0.39, 0.29) is 18.0 Å². The van der Waals surface area contributed by atoms with Gasteiger partial charge in [-0.15, -0.1) is 0 Å². The van der Waals surface area contributed by atoms with Crippen LogP contribution in [0.1, 0.15) is 17.3 Å². The summed E-state index contributed by atoms with van der Waals surface area (Å²) in [6, 6.07) is 6.12. The Morgan fingerprint density at radius 2 is 2.38 bits per heavy atom. The molecule has 0 fully saturated rings. The minimum Gasteiger partial charge on any atom is -0.351 e. The summed E-state index contributed by atoms with van der Waals surface area (Å²) in [5.74, 6) is -1.38. The summed E-state index contributed by atoms with van der Waals surface area (Å²) < 4.78 is 13.9. The van der Waals surface area contributed by atoms with Crippen LogP contribution < -0.4 is 5.32 Å². The van der Waals surface area contributed by atoms with Crippen LogP contribution in [0.2, 0.25) is 0 Å². The van der Waals surface area contributed by atoms with Crippen molar-refractivity contribution in [1.29, 1.82) is 5.26 Å². The maximum Gasteiger partial charge on any atom is 0.254 e. The molecule has 0 aliphatic carbocycles. The first-order valence-electron chi connectivity index (χ1n) is 4.67. The number of rotatable bonds is 3. The summed E-state index contributed by atoms with van der Waals surface area (Å²) in [5, 5.41) is 11.0. The normalized spacial score (nSPS) is 11.6. The number of carbonyl (C=O) groups is 1. The van der Waals surface area contributed by atoms with Gasteiger partial charge in [0.2, 0.25) is 0 Å². The third-order valence-corrected chi connectivity index (χ3v) is 2.46. The van der Waals surface area contributed by atoms with Crippen LogP contribution in [0.4, 0.5) is 4.39 Å². The highest BCUT2D eigenvalue weighted by molar-refractivity contribution is 9.10. The molecule has 0 bridgehead atoms. The van der Waals surface area contributed by atoms with Crippen molar-refractivity contribution in [2.45, 2.75) is 6.92 Å². The van der Waals surface area contributed by atoms with Crippen molar-refractivity contribution in [1.82, 2.24) is 5.32 Å². The molecular weight excluding hydrogens is 275 g/mol. The zero-order chi connectivity index (χ0) is 12.1. The molecule has 0 aliphatic heterocycles. The van der Waals surface area contributed by atoms with Crippen LogP contribution in [0, 0.1) is 23.1 Å². The number of hydrogen-bond acceptors (Lipinski definition) is 2. The van der Waals surface area contributed by atoms with Crippen molar-refractivity contribution in [2.24, 2.45) is 5.92 Å². The first-order chi connectivity index (χ1) is 7.54. The second kappa shape index (κ2) is 5.61. The van der Waals surface area contributed by atoms with E-state index in [1.165, 1.54) is 18.2 Å². The zero-order valence-electron chi connectivity index (χ0n) is 8.63. The lowest BCUT2D eigenvalue weighted by Gasteiger charge is -2.07. The van der Waals surface area contributed by atoms with Crippen molar-refractivity contribution < 1.29 is 9.18 Å². The zero-order valence-corrected chi connectivity index (χ0v) is 10.2. The molecule has 1 amide bonds. The molecule has 0 spiro atoms. The van der Waals surface area contributed by atoms with Gasteiger partial charge in [-0.3, -0.25) is 4.79 Å². The molecule has 1 rings (SSSR count). The predicted octanol–water partition coefficient (Wildman–Crippen LogP) is 2.48. The summed E-state index contributed by atoms with van der Waals surface area (Å²) in [7, 11) is 0. The Bertz CT molecular complexity index is 442. The molecular formula is C11H10BrFN2O. The smallest absolute Gasteiger partial charge is 0.254 e. The van der Waals surface area contributed by atoms with E-state index < -0.39 is 11.7 Å². The molecule has 84 valence electrons. The first kappa shape index (κ1) is 12.7. The van der Waals surface area contributed by atoms with Gasteiger partial charge in [0, 0.05) is 11.0 Å². The van der Waals surface area contributed by atoms with Crippen LogP contribution in [0.25, 0.3) is 0 Å². The second-order valence-corrected chi connectivity index (χ2v) is 4.28. The summed E-state index contributed by atoms with van der Waals surface area (Å²) in [5.41, 5.74) is -0.0282. The van der Waals surface area contributed by atoms with Crippen LogP contribution in [-0.4, -0.2) is 12.5 Å². The van der Waals surface area contributed by atoms with E-state index in [0.717, 1.165) is 0 Å². The fraction of sp³-hybridized carbons (Fsp3) is 0.273. The van der Waals surface area contributed by atoms with Gasteiger partial charge in [-0.25, -0.2) is 4.39 Å². The number of benzene rings is 1. The molecule has 16 heavy (non-hydrogen) atoms. The standard InChI is InChI=1S/C11H10BrFN2O/c1-7(5-14)6-15-11(16)9-4-8(12)2-3-10(9)13/h2-4,7H,6H2,1H3,(H,15,16). The van der Waals surface area contributed by atoms with E-state index in [4.69, 9.17) is 5.26 Å². The van der Waals surface area contributed by atoms with Gasteiger partial charge in [-0.05, 0) is 25.1 Å². The van der Waals surface area contributed by atoms with Gasteiger partial charge in [-0.2, -0.15) is 5.26 Å². The van der Waals surface area contributed by atoms with Crippen molar-refractivity contribution >= 4 is 21.8 Å². The predicted molar refractivity (Wildman–Crippen MR) is 61.2 cm³/mol. The number of halogens is 2. The van der Waals surface area contributed by atoms with Gasteiger partial charge in [0.1, 0.15) is 5.82 Å². The Morgan fingerprint density at radius 1 is 1.69 bits per heavy atom. The Balaban J connectivity index is 2.74. The molecule has 0 aromatic heterocycles. The second-order valence-electron chi connectivity index (χ2n) is 3.36. The highest BCUT2D eigenvalue weighted by Gasteiger charge is 2.12. The Morgan fingerprint density at radius 3 is 3.00 bits per heavy atom. The van der Waals surface area contributed by atoms with E-state index in [9.17, 15) is 9.18 Å². The molecule has 0 aliphatic rings. The van der Waals surface area contributed by atoms with Crippen molar-refractivity contribution in [3.8, 4) is 6.07 Å². The summed E-state index contributed by atoms with van der Waals surface area (Å²) >= 11 is 3.16. The van der Waals surface area contributed by atoms with E-state index in [1.54, 1.807) is 6.92 Å². The molecule has 1 aromatic rings. The monoisotopic (exact) mass is 284 g/mol. The SMILES string of the molecule is CC(C#N)CNC(=O)c1cc(Br)ccc1F. The summed E-state index contributed by atoms with van der Waals surface area (Å²) in [6.07, 6.45) is 0. The minimum atomic E-state index is -0.578. The molecule has 0 saturated heterocycles. The number of amides is 1. The van der Waals surface area contributed by atoms with E-state index >= 15 is 0 Å². The molecule has 5 heteroatoms. The maximum absolute atomic E-state index is 13.3. The molecule has 3 nitrogen and oxygen atoms in total. The summed E-state index contributed by atoms with van der Waals surface area (Å²) in [4.78, 5) is 11.6. The van der Waals surface area contributed by atoms with Crippen molar-refractivity contribution in [3.63, 3.8) is 0 Å². The lowest BCUT2D eigenvalue weighted by atomic mass is 10.1. The lowest BCUT2D eigenvalue weighted by molar-refractivity contribution is 0.0946. The number of nitriles is 1. The van der Waals surface area contributed by atoms with Crippen molar-refractivity contribution in [2.75, 3.05) is 6.54 Å².